The van der Waals surface area contributed by atoms with Gasteiger partial charge in [-0.15, -0.1) is 11.6 Å². The van der Waals surface area contributed by atoms with E-state index in [1.165, 1.54) is 12.8 Å². The standard InChI is InChI=1S/C16H18ClN3O/c17-9-15-18-14-4-2-1-3-13(14)16(21)20(15)12-7-8-19(10-12)11-5-6-11/h1-4,11-12H,5-10H2. The molecule has 4 nitrogen and oxygen atoms in total. The van der Waals surface area contributed by atoms with Gasteiger partial charge in [0, 0.05) is 19.1 Å². The Hall–Kier alpha value is -1.39. The molecule has 21 heavy (non-hydrogen) atoms. The molecule has 0 amide bonds. The van der Waals surface area contributed by atoms with Crippen molar-refractivity contribution in [3.8, 4) is 0 Å². The van der Waals surface area contributed by atoms with Gasteiger partial charge in [-0.1, -0.05) is 12.1 Å². The second kappa shape index (κ2) is 5.11. The molecule has 0 spiro atoms. The predicted octanol–water partition coefficient (Wildman–Crippen LogP) is 2.54. The van der Waals surface area contributed by atoms with Gasteiger partial charge >= 0.3 is 0 Å². The Morgan fingerprint density at radius 1 is 1.19 bits per heavy atom. The molecular formula is C16H18ClN3O. The molecule has 4 rings (SSSR count). The third-order valence-corrected chi connectivity index (χ3v) is 4.86. The van der Waals surface area contributed by atoms with Crippen molar-refractivity contribution in [3.63, 3.8) is 0 Å². The van der Waals surface area contributed by atoms with E-state index >= 15 is 0 Å². The van der Waals surface area contributed by atoms with E-state index in [9.17, 15) is 4.79 Å². The quantitative estimate of drug-likeness (QED) is 0.818. The largest absolute Gasteiger partial charge is 0.298 e. The van der Waals surface area contributed by atoms with Crippen molar-refractivity contribution in [1.82, 2.24) is 14.5 Å². The molecule has 0 radical (unpaired) electrons. The number of hydrogen-bond acceptors (Lipinski definition) is 3. The van der Waals surface area contributed by atoms with Crippen LogP contribution in [0.5, 0.6) is 0 Å². The number of benzene rings is 1. The van der Waals surface area contributed by atoms with Gasteiger partial charge in [0.1, 0.15) is 5.82 Å². The number of fused-ring (bicyclic) bond motifs is 1. The van der Waals surface area contributed by atoms with Crippen LogP contribution in [0.2, 0.25) is 0 Å². The Labute approximate surface area is 128 Å². The lowest BCUT2D eigenvalue weighted by Gasteiger charge is -2.19. The lowest BCUT2D eigenvalue weighted by molar-refractivity contribution is 0.311. The zero-order valence-electron chi connectivity index (χ0n) is 11.8. The van der Waals surface area contributed by atoms with E-state index in [2.05, 4.69) is 9.88 Å². The van der Waals surface area contributed by atoms with Crippen LogP contribution >= 0.6 is 11.6 Å². The van der Waals surface area contributed by atoms with Gasteiger partial charge in [0.05, 0.1) is 22.8 Å². The second-order valence-corrected chi connectivity index (χ2v) is 6.29. The van der Waals surface area contributed by atoms with Crippen molar-refractivity contribution in [2.75, 3.05) is 13.1 Å². The topological polar surface area (TPSA) is 38.1 Å². The van der Waals surface area contributed by atoms with E-state index in [1.54, 1.807) is 0 Å². The smallest absolute Gasteiger partial charge is 0.261 e. The van der Waals surface area contributed by atoms with Crippen LogP contribution in [0.4, 0.5) is 0 Å². The summed E-state index contributed by atoms with van der Waals surface area (Å²) in [5.41, 5.74) is 0.797. The number of halogens is 1. The van der Waals surface area contributed by atoms with E-state index < -0.39 is 0 Å². The van der Waals surface area contributed by atoms with Crippen LogP contribution in [0.15, 0.2) is 29.1 Å². The van der Waals surface area contributed by atoms with Crippen molar-refractivity contribution in [2.45, 2.75) is 37.2 Å². The summed E-state index contributed by atoms with van der Waals surface area (Å²) in [5, 5.41) is 0.691. The van der Waals surface area contributed by atoms with Gasteiger partial charge in [-0.3, -0.25) is 14.3 Å². The number of para-hydroxylation sites is 1. The zero-order chi connectivity index (χ0) is 14.4. The first-order chi connectivity index (χ1) is 10.3. The fourth-order valence-electron chi connectivity index (χ4n) is 3.41. The van der Waals surface area contributed by atoms with Crippen molar-refractivity contribution in [1.29, 1.82) is 0 Å². The average Bonchev–Trinajstić information content (AvgIpc) is 3.26. The SMILES string of the molecule is O=c1c2ccccc2nc(CCl)n1C1CCN(C2CC2)C1. The molecule has 1 aliphatic carbocycles. The molecule has 2 aliphatic rings. The predicted molar refractivity (Wildman–Crippen MR) is 83.8 cm³/mol. The Bertz CT molecular complexity index is 738. The maximum Gasteiger partial charge on any atom is 0.261 e. The number of rotatable bonds is 3. The van der Waals surface area contributed by atoms with Gasteiger partial charge < -0.3 is 0 Å². The zero-order valence-corrected chi connectivity index (χ0v) is 12.6. The summed E-state index contributed by atoms with van der Waals surface area (Å²) in [4.78, 5) is 19.9. The molecule has 2 heterocycles. The average molecular weight is 304 g/mol. The second-order valence-electron chi connectivity index (χ2n) is 6.02. The first-order valence-electron chi connectivity index (χ1n) is 7.58. The number of hydrogen-bond donors (Lipinski definition) is 0. The van der Waals surface area contributed by atoms with Gasteiger partial charge in [0.2, 0.25) is 0 Å². The van der Waals surface area contributed by atoms with Crippen molar-refractivity contribution < 1.29 is 0 Å². The first kappa shape index (κ1) is 13.3. The van der Waals surface area contributed by atoms with Gasteiger partial charge in [-0.05, 0) is 31.4 Å². The highest BCUT2D eigenvalue weighted by Gasteiger charge is 2.36. The summed E-state index contributed by atoms with van der Waals surface area (Å²) < 4.78 is 1.84. The third-order valence-electron chi connectivity index (χ3n) is 4.62. The molecular weight excluding hydrogens is 286 g/mol. The third kappa shape index (κ3) is 2.27. The molecule has 1 saturated heterocycles. The highest BCUT2D eigenvalue weighted by molar-refractivity contribution is 6.16. The molecule has 1 atom stereocenters. The molecule has 0 bridgehead atoms. The summed E-state index contributed by atoms with van der Waals surface area (Å²) in [5.74, 6) is 0.975. The van der Waals surface area contributed by atoms with Crippen molar-refractivity contribution >= 4 is 22.5 Å². The molecule has 0 N–H and O–H groups in total. The molecule has 1 saturated carbocycles. The van der Waals surface area contributed by atoms with Crippen LogP contribution in [-0.2, 0) is 5.88 Å². The molecule has 5 heteroatoms. The van der Waals surface area contributed by atoms with Gasteiger partial charge in [0.25, 0.3) is 5.56 Å². The summed E-state index contributed by atoms with van der Waals surface area (Å²) >= 11 is 6.06. The van der Waals surface area contributed by atoms with Crippen molar-refractivity contribution in [3.05, 3.63) is 40.4 Å². The molecule has 1 aromatic carbocycles. The highest BCUT2D eigenvalue weighted by Crippen LogP contribution is 2.33. The highest BCUT2D eigenvalue weighted by atomic mass is 35.5. The van der Waals surface area contributed by atoms with E-state index in [-0.39, 0.29) is 17.5 Å². The van der Waals surface area contributed by atoms with Gasteiger partial charge in [-0.2, -0.15) is 0 Å². The maximum atomic E-state index is 12.8. The van der Waals surface area contributed by atoms with E-state index in [0.29, 0.717) is 11.2 Å². The molecule has 1 aliphatic heterocycles. The van der Waals surface area contributed by atoms with Crippen molar-refractivity contribution in [2.24, 2.45) is 0 Å². The Morgan fingerprint density at radius 3 is 2.76 bits per heavy atom. The van der Waals surface area contributed by atoms with Crippen LogP contribution in [0.1, 0.15) is 31.1 Å². The molecule has 110 valence electrons. The monoisotopic (exact) mass is 303 g/mol. The maximum absolute atomic E-state index is 12.8. The summed E-state index contributed by atoms with van der Waals surface area (Å²) in [6.45, 7) is 2.03. The fraction of sp³-hybridized carbons (Fsp3) is 0.500. The fourth-order valence-corrected chi connectivity index (χ4v) is 3.60. The number of nitrogens with zero attached hydrogens (tertiary/aromatic N) is 3. The molecule has 2 aromatic rings. The van der Waals surface area contributed by atoms with E-state index in [1.807, 2.05) is 28.8 Å². The normalized spacial score (nSPS) is 23.0. The minimum Gasteiger partial charge on any atom is -0.298 e. The number of likely N-dealkylation sites (tertiary alicyclic amines) is 1. The van der Waals surface area contributed by atoms with Crippen LogP contribution in [0, 0.1) is 0 Å². The summed E-state index contributed by atoms with van der Waals surface area (Å²) in [6.07, 6.45) is 3.63. The Kier molecular flexibility index (Phi) is 3.23. The molecule has 1 aromatic heterocycles. The van der Waals surface area contributed by atoms with Crippen LogP contribution in [0.3, 0.4) is 0 Å². The number of aromatic nitrogens is 2. The number of alkyl halides is 1. The van der Waals surface area contributed by atoms with E-state index in [4.69, 9.17) is 11.6 Å². The lowest BCUT2D eigenvalue weighted by Crippen LogP contribution is -2.31. The molecule has 2 fully saturated rings. The minimum absolute atomic E-state index is 0.0545. The van der Waals surface area contributed by atoms with Gasteiger partial charge in [-0.25, -0.2) is 4.98 Å². The summed E-state index contributed by atoms with van der Waals surface area (Å²) in [7, 11) is 0. The minimum atomic E-state index is 0.0545. The van der Waals surface area contributed by atoms with Gasteiger partial charge in [0.15, 0.2) is 0 Å². The summed E-state index contributed by atoms with van der Waals surface area (Å²) in [6, 6.07) is 8.49. The van der Waals surface area contributed by atoms with Crippen LogP contribution in [-0.4, -0.2) is 33.6 Å². The van der Waals surface area contributed by atoms with Crippen LogP contribution in [0.25, 0.3) is 10.9 Å². The van der Waals surface area contributed by atoms with E-state index in [0.717, 1.165) is 31.1 Å². The first-order valence-corrected chi connectivity index (χ1v) is 8.11. The lowest BCUT2D eigenvalue weighted by atomic mass is 10.2. The molecule has 1 unspecified atom stereocenters. The Morgan fingerprint density at radius 2 is 2.00 bits per heavy atom. The Balaban J connectivity index is 1.79. The van der Waals surface area contributed by atoms with Crippen LogP contribution < -0.4 is 5.56 Å².